The maximum Gasteiger partial charge on any atom is 0.354 e. The minimum atomic E-state index is -0.981. The molecule has 0 amide bonds. The molecule has 0 radical (unpaired) electrons. The van der Waals surface area contributed by atoms with Crippen LogP contribution >= 0.6 is 0 Å². The molecule has 2 aromatic heterocycles. The Morgan fingerprint density at radius 3 is 2.85 bits per heavy atom. The van der Waals surface area contributed by atoms with Gasteiger partial charge in [-0.1, -0.05) is 18.2 Å². The fourth-order valence-corrected chi connectivity index (χ4v) is 2.39. The second kappa shape index (κ2) is 4.48. The number of aromatic nitrogens is 4. The second-order valence-corrected chi connectivity index (χ2v) is 4.67. The third-order valence-corrected chi connectivity index (χ3v) is 3.42. The molecule has 0 saturated heterocycles. The topological polar surface area (TPSA) is 72.9 Å². The predicted molar refractivity (Wildman–Crippen MR) is 73.7 cm³/mol. The summed E-state index contributed by atoms with van der Waals surface area (Å²) in [5.74, 6) is -0.317. The van der Waals surface area contributed by atoms with E-state index < -0.39 is 5.97 Å². The van der Waals surface area contributed by atoms with Gasteiger partial charge >= 0.3 is 5.97 Å². The van der Waals surface area contributed by atoms with Crippen LogP contribution in [0.25, 0.3) is 10.9 Å². The van der Waals surface area contributed by atoms with E-state index in [1.54, 1.807) is 16.2 Å². The Balaban J connectivity index is 2.10. The monoisotopic (exact) mass is 270 g/mol. The Morgan fingerprint density at radius 2 is 2.10 bits per heavy atom. The van der Waals surface area contributed by atoms with Gasteiger partial charge in [-0.25, -0.2) is 9.78 Å². The molecular weight excluding hydrogens is 256 g/mol. The molecule has 20 heavy (non-hydrogen) atoms. The number of hydrogen-bond donors (Lipinski definition) is 1. The van der Waals surface area contributed by atoms with Crippen molar-refractivity contribution < 1.29 is 9.90 Å². The summed E-state index contributed by atoms with van der Waals surface area (Å²) in [5.41, 5.74) is 2.04. The van der Waals surface area contributed by atoms with Crippen molar-refractivity contribution >= 4 is 16.9 Å². The standard InChI is InChI=1S/C14H14N4O2/c1-9-15-7-13(14(19)20)18(9)8-11-10-5-3-4-6-12(10)17(2)16-11/h3-7H,8H2,1-2H3,(H,19,20). The number of rotatable bonds is 3. The third kappa shape index (κ3) is 1.85. The van der Waals surface area contributed by atoms with Crippen molar-refractivity contribution in [2.45, 2.75) is 13.5 Å². The maximum absolute atomic E-state index is 11.2. The predicted octanol–water partition coefficient (Wildman–Crippen LogP) is 1.82. The minimum Gasteiger partial charge on any atom is -0.477 e. The van der Waals surface area contributed by atoms with E-state index in [2.05, 4.69) is 10.1 Å². The molecule has 0 aliphatic rings. The number of carbonyl (C=O) groups is 1. The van der Waals surface area contributed by atoms with Crippen molar-refractivity contribution in [1.29, 1.82) is 0 Å². The van der Waals surface area contributed by atoms with Crippen molar-refractivity contribution in [3.8, 4) is 0 Å². The Morgan fingerprint density at radius 1 is 1.35 bits per heavy atom. The van der Waals surface area contributed by atoms with Gasteiger partial charge in [0.15, 0.2) is 0 Å². The van der Waals surface area contributed by atoms with Gasteiger partial charge in [-0.2, -0.15) is 5.10 Å². The van der Waals surface area contributed by atoms with Gasteiger partial charge in [-0.15, -0.1) is 0 Å². The molecule has 0 spiro atoms. The Labute approximate surface area is 115 Å². The van der Waals surface area contributed by atoms with E-state index in [-0.39, 0.29) is 5.69 Å². The van der Waals surface area contributed by atoms with Gasteiger partial charge < -0.3 is 9.67 Å². The first-order valence-corrected chi connectivity index (χ1v) is 6.24. The number of nitrogens with zero attached hydrogens (tertiary/aromatic N) is 4. The highest BCUT2D eigenvalue weighted by molar-refractivity contribution is 5.86. The highest BCUT2D eigenvalue weighted by Gasteiger charge is 2.16. The summed E-state index contributed by atoms with van der Waals surface area (Å²) >= 11 is 0. The summed E-state index contributed by atoms with van der Waals surface area (Å²) in [7, 11) is 1.88. The SMILES string of the molecule is Cc1ncc(C(=O)O)n1Cc1nn(C)c2ccccc12. The first-order valence-electron chi connectivity index (χ1n) is 6.24. The van der Waals surface area contributed by atoms with Crippen LogP contribution in [0, 0.1) is 6.92 Å². The van der Waals surface area contributed by atoms with Crippen LogP contribution in [0.15, 0.2) is 30.5 Å². The lowest BCUT2D eigenvalue weighted by molar-refractivity contribution is 0.0685. The Kier molecular flexibility index (Phi) is 2.78. The van der Waals surface area contributed by atoms with Gasteiger partial charge in [0.25, 0.3) is 0 Å². The van der Waals surface area contributed by atoms with Crippen LogP contribution in [0.1, 0.15) is 22.0 Å². The van der Waals surface area contributed by atoms with Crippen LogP contribution < -0.4 is 0 Å². The Hall–Kier alpha value is -2.63. The number of benzene rings is 1. The molecule has 2 heterocycles. The molecule has 6 nitrogen and oxygen atoms in total. The molecule has 0 aliphatic heterocycles. The zero-order valence-electron chi connectivity index (χ0n) is 11.2. The van der Waals surface area contributed by atoms with Gasteiger partial charge in [0.1, 0.15) is 11.5 Å². The highest BCUT2D eigenvalue weighted by atomic mass is 16.4. The van der Waals surface area contributed by atoms with E-state index in [1.807, 2.05) is 31.3 Å². The zero-order valence-corrected chi connectivity index (χ0v) is 11.2. The number of hydrogen-bond acceptors (Lipinski definition) is 3. The number of imidazole rings is 1. The van der Waals surface area contributed by atoms with Crippen molar-refractivity contribution in [3.63, 3.8) is 0 Å². The zero-order chi connectivity index (χ0) is 14.3. The van der Waals surface area contributed by atoms with Gasteiger partial charge in [0.2, 0.25) is 0 Å². The molecule has 0 bridgehead atoms. The number of fused-ring (bicyclic) bond motifs is 1. The number of para-hydroxylation sites is 1. The van der Waals surface area contributed by atoms with Crippen LogP contribution in [0.5, 0.6) is 0 Å². The van der Waals surface area contributed by atoms with Crippen LogP contribution in [-0.2, 0) is 13.6 Å². The fraction of sp³-hybridized carbons (Fsp3) is 0.214. The number of carboxylic acids is 1. The summed E-state index contributed by atoms with van der Waals surface area (Å²) in [6.07, 6.45) is 1.38. The highest BCUT2D eigenvalue weighted by Crippen LogP contribution is 2.19. The van der Waals surface area contributed by atoms with Crippen LogP contribution in [0.2, 0.25) is 0 Å². The van der Waals surface area contributed by atoms with E-state index in [0.717, 1.165) is 16.6 Å². The molecule has 3 aromatic rings. The molecule has 3 rings (SSSR count). The molecule has 102 valence electrons. The lowest BCUT2D eigenvalue weighted by Crippen LogP contribution is -2.11. The van der Waals surface area contributed by atoms with Gasteiger partial charge in [-0.05, 0) is 13.0 Å². The van der Waals surface area contributed by atoms with Crippen molar-refractivity contribution in [2.75, 3.05) is 0 Å². The van der Waals surface area contributed by atoms with Crippen molar-refractivity contribution in [2.24, 2.45) is 7.05 Å². The van der Waals surface area contributed by atoms with Crippen molar-refractivity contribution in [3.05, 3.63) is 47.7 Å². The van der Waals surface area contributed by atoms with Crippen molar-refractivity contribution in [1.82, 2.24) is 19.3 Å². The number of carboxylic acid groups (broad SMARTS) is 1. The van der Waals surface area contributed by atoms with Crippen LogP contribution in [0.3, 0.4) is 0 Å². The molecule has 6 heteroatoms. The van der Waals surface area contributed by atoms with E-state index >= 15 is 0 Å². The first kappa shape index (κ1) is 12.4. The molecule has 0 saturated carbocycles. The number of aromatic carboxylic acids is 1. The van der Waals surface area contributed by atoms with Gasteiger partial charge in [-0.3, -0.25) is 4.68 Å². The minimum absolute atomic E-state index is 0.178. The normalized spacial score (nSPS) is 11.1. The van der Waals surface area contributed by atoms with E-state index in [0.29, 0.717) is 12.4 Å². The quantitative estimate of drug-likeness (QED) is 0.788. The summed E-state index contributed by atoms with van der Waals surface area (Å²) in [6, 6.07) is 7.89. The molecule has 0 unspecified atom stereocenters. The van der Waals surface area contributed by atoms with Gasteiger partial charge in [0, 0.05) is 12.4 Å². The van der Waals surface area contributed by atoms with E-state index in [1.165, 1.54) is 6.20 Å². The smallest absolute Gasteiger partial charge is 0.354 e. The molecule has 0 fully saturated rings. The molecule has 0 atom stereocenters. The summed E-state index contributed by atoms with van der Waals surface area (Å²) in [4.78, 5) is 15.3. The molecule has 1 aromatic carbocycles. The summed E-state index contributed by atoms with van der Waals surface area (Å²) < 4.78 is 3.47. The van der Waals surface area contributed by atoms with E-state index in [4.69, 9.17) is 0 Å². The number of aryl methyl sites for hydroxylation is 2. The van der Waals surface area contributed by atoms with E-state index in [9.17, 15) is 9.90 Å². The van der Waals surface area contributed by atoms with Crippen LogP contribution in [0.4, 0.5) is 0 Å². The lowest BCUT2D eigenvalue weighted by Gasteiger charge is -2.05. The largest absolute Gasteiger partial charge is 0.477 e. The second-order valence-electron chi connectivity index (χ2n) is 4.67. The average Bonchev–Trinajstić information content (AvgIpc) is 2.94. The first-order chi connectivity index (χ1) is 9.58. The molecular formula is C14H14N4O2. The summed E-state index contributed by atoms with van der Waals surface area (Å²) in [5, 5.41) is 14.7. The van der Waals surface area contributed by atoms with Gasteiger partial charge in [0.05, 0.1) is 24.0 Å². The molecule has 1 N–H and O–H groups in total. The third-order valence-electron chi connectivity index (χ3n) is 3.42. The lowest BCUT2D eigenvalue weighted by atomic mass is 10.2. The fourth-order valence-electron chi connectivity index (χ4n) is 2.39. The maximum atomic E-state index is 11.2. The van der Waals surface area contributed by atoms with Crippen LogP contribution in [-0.4, -0.2) is 30.4 Å². The molecule has 0 aliphatic carbocycles. The Bertz CT molecular complexity index is 801. The average molecular weight is 270 g/mol. The summed E-state index contributed by atoms with van der Waals surface area (Å²) in [6.45, 7) is 2.19.